The zero-order chi connectivity index (χ0) is 32.3. The van der Waals surface area contributed by atoms with Gasteiger partial charge >= 0.3 is 0 Å². The largest absolute Gasteiger partial charge is 0.455 e. The summed E-state index contributed by atoms with van der Waals surface area (Å²) in [4.78, 5) is 15.0. The number of nitrogens with zero attached hydrogens (tertiary/aromatic N) is 3. The number of rotatable bonds is 4. The summed E-state index contributed by atoms with van der Waals surface area (Å²) in [5.41, 5.74) is 6.52. The highest BCUT2D eigenvalue weighted by atomic mass is 16.3. The van der Waals surface area contributed by atoms with Crippen LogP contribution in [0.4, 0.5) is 0 Å². The van der Waals surface area contributed by atoms with E-state index in [1.54, 1.807) is 0 Å². The molecule has 0 aliphatic heterocycles. The van der Waals surface area contributed by atoms with Crippen molar-refractivity contribution in [3.05, 3.63) is 164 Å². The zero-order valence-corrected chi connectivity index (χ0v) is 26.3. The van der Waals surface area contributed by atoms with Crippen molar-refractivity contribution < 1.29 is 4.42 Å². The molecular formula is C45H27N3O. The van der Waals surface area contributed by atoms with Gasteiger partial charge in [0.1, 0.15) is 11.2 Å². The second-order valence-electron chi connectivity index (χ2n) is 12.3. The molecule has 0 saturated carbocycles. The summed E-state index contributed by atoms with van der Waals surface area (Å²) in [5.74, 6) is 1.87. The van der Waals surface area contributed by atoms with E-state index in [2.05, 4.69) is 97.1 Å². The lowest BCUT2D eigenvalue weighted by molar-refractivity contribution is 0.674. The topological polar surface area (TPSA) is 51.8 Å². The molecule has 0 fully saturated rings. The zero-order valence-electron chi connectivity index (χ0n) is 26.3. The van der Waals surface area contributed by atoms with Gasteiger partial charge in [0.2, 0.25) is 0 Å². The van der Waals surface area contributed by atoms with Crippen LogP contribution in [0.5, 0.6) is 0 Å². The normalized spacial score (nSPS) is 11.7. The third-order valence-electron chi connectivity index (χ3n) is 9.53. The van der Waals surface area contributed by atoms with Crippen LogP contribution in [0, 0.1) is 0 Å². The van der Waals surface area contributed by atoms with Crippen molar-refractivity contribution in [2.75, 3.05) is 0 Å². The van der Waals surface area contributed by atoms with Crippen molar-refractivity contribution in [2.24, 2.45) is 0 Å². The first-order valence-corrected chi connectivity index (χ1v) is 16.5. The SMILES string of the molecule is c1ccc(-c2nc(-c3ccccc3)nc(-c3ccccc3-c3cccc4c3oc3c4ccc4c5ccccc5c5ccccc5c43)n2)cc1. The van der Waals surface area contributed by atoms with Gasteiger partial charge in [0, 0.05) is 38.4 Å². The Kier molecular flexibility index (Phi) is 6.15. The number of para-hydroxylation sites is 1. The molecular weight excluding hydrogens is 599 g/mol. The third kappa shape index (κ3) is 4.35. The van der Waals surface area contributed by atoms with Crippen molar-refractivity contribution in [3.63, 3.8) is 0 Å². The summed E-state index contributed by atoms with van der Waals surface area (Å²) in [6.07, 6.45) is 0. The quantitative estimate of drug-likeness (QED) is 0.183. The first-order chi connectivity index (χ1) is 24.3. The van der Waals surface area contributed by atoms with Crippen LogP contribution in [0.3, 0.4) is 0 Å². The van der Waals surface area contributed by atoms with Crippen LogP contribution in [-0.4, -0.2) is 15.0 Å². The van der Waals surface area contributed by atoms with Gasteiger partial charge in [-0.3, -0.25) is 0 Å². The van der Waals surface area contributed by atoms with E-state index in [4.69, 9.17) is 19.4 Å². The fourth-order valence-electron chi connectivity index (χ4n) is 7.30. The van der Waals surface area contributed by atoms with Gasteiger partial charge in [-0.15, -0.1) is 0 Å². The minimum absolute atomic E-state index is 0.610. The van der Waals surface area contributed by atoms with Crippen LogP contribution in [0.1, 0.15) is 0 Å². The molecule has 228 valence electrons. The van der Waals surface area contributed by atoms with E-state index >= 15 is 0 Å². The van der Waals surface area contributed by atoms with Crippen molar-refractivity contribution in [1.29, 1.82) is 0 Å². The highest BCUT2D eigenvalue weighted by molar-refractivity contribution is 6.32. The smallest absolute Gasteiger partial charge is 0.164 e. The van der Waals surface area contributed by atoms with Crippen molar-refractivity contribution in [1.82, 2.24) is 15.0 Å². The molecule has 4 heteroatoms. The van der Waals surface area contributed by atoms with Crippen LogP contribution >= 0.6 is 0 Å². The number of benzene rings is 8. The molecule has 2 aromatic heterocycles. The molecule has 0 aliphatic rings. The average Bonchev–Trinajstić information content (AvgIpc) is 3.58. The molecule has 8 aromatic carbocycles. The number of hydrogen-bond donors (Lipinski definition) is 0. The lowest BCUT2D eigenvalue weighted by Crippen LogP contribution is -2.01. The maximum Gasteiger partial charge on any atom is 0.164 e. The van der Waals surface area contributed by atoms with E-state index in [1.165, 1.54) is 26.9 Å². The Morgan fingerprint density at radius 1 is 0.286 bits per heavy atom. The fourth-order valence-corrected chi connectivity index (χ4v) is 7.30. The predicted octanol–water partition coefficient (Wildman–Crippen LogP) is 11.9. The minimum Gasteiger partial charge on any atom is -0.455 e. The molecule has 4 nitrogen and oxygen atoms in total. The summed E-state index contributed by atoms with van der Waals surface area (Å²) >= 11 is 0. The Morgan fingerprint density at radius 2 is 0.714 bits per heavy atom. The van der Waals surface area contributed by atoms with Crippen LogP contribution < -0.4 is 0 Å². The molecule has 10 aromatic rings. The molecule has 0 aliphatic carbocycles. The molecule has 0 amide bonds. The molecule has 0 saturated heterocycles. The summed E-state index contributed by atoms with van der Waals surface area (Å²) in [7, 11) is 0. The molecule has 0 N–H and O–H groups in total. The monoisotopic (exact) mass is 625 g/mol. The Hall–Kier alpha value is -6.65. The Bertz CT molecular complexity index is 2780. The van der Waals surface area contributed by atoms with E-state index in [-0.39, 0.29) is 0 Å². The average molecular weight is 626 g/mol. The first kappa shape index (κ1) is 27.5. The van der Waals surface area contributed by atoms with Gasteiger partial charge in [-0.05, 0) is 38.6 Å². The molecule has 0 spiro atoms. The second-order valence-corrected chi connectivity index (χ2v) is 12.3. The number of furan rings is 1. The van der Waals surface area contributed by atoms with Crippen LogP contribution in [0.2, 0.25) is 0 Å². The van der Waals surface area contributed by atoms with E-state index in [0.29, 0.717) is 17.5 Å². The van der Waals surface area contributed by atoms with Gasteiger partial charge in [0.15, 0.2) is 17.5 Å². The van der Waals surface area contributed by atoms with Crippen LogP contribution in [-0.2, 0) is 0 Å². The Balaban J connectivity index is 1.24. The van der Waals surface area contributed by atoms with Crippen LogP contribution in [0.25, 0.3) is 99.5 Å². The molecule has 0 bridgehead atoms. The van der Waals surface area contributed by atoms with Gasteiger partial charge < -0.3 is 4.42 Å². The summed E-state index contributed by atoms with van der Waals surface area (Å²) in [6.45, 7) is 0. The van der Waals surface area contributed by atoms with E-state index in [1.807, 2.05) is 66.7 Å². The molecule has 2 heterocycles. The maximum atomic E-state index is 7.03. The summed E-state index contributed by atoms with van der Waals surface area (Å²) < 4.78 is 7.03. The van der Waals surface area contributed by atoms with E-state index < -0.39 is 0 Å². The van der Waals surface area contributed by atoms with Gasteiger partial charge in [-0.25, -0.2) is 15.0 Å². The lowest BCUT2D eigenvalue weighted by atomic mass is 9.93. The number of aromatic nitrogens is 3. The molecule has 10 rings (SSSR count). The lowest BCUT2D eigenvalue weighted by Gasteiger charge is -2.12. The Morgan fingerprint density at radius 3 is 1.37 bits per heavy atom. The molecule has 0 unspecified atom stereocenters. The molecule has 0 atom stereocenters. The van der Waals surface area contributed by atoms with Crippen molar-refractivity contribution in [2.45, 2.75) is 0 Å². The summed E-state index contributed by atoms with van der Waals surface area (Å²) in [6, 6.07) is 56.7. The van der Waals surface area contributed by atoms with Gasteiger partial charge in [-0.1, -0.05) is 158 Å². The first-order valence-electron chi connectivity index (χ1n) is 16.5. The maximum absolute atomic E-state index is 7.03. The standard InChI is InChI=1S/C45H27N3O/c1-3-14-28(15-4-1)43-46-44(29-16-5-2-6-17-29)48-45(47-43)39-23-12-10-21-33(39)36-24-13-25-37-38-27-26-35-32-20-8-7-18-30(32)31-19-9-11-22-34(31)40(35)42(38)49-41(36)37/h1-27H. The highest BCUT2D eigenvalue weighted by Gasteiger charge is 2.21. The van der Waals surface area contributed by atoms with E-state index in [9.17, 15) is 0 Å². The predicted molar refractivity (Wildman–Crippen MR) is 201 cm³/mol. The molecule has 0 radical (unpaired) electrons. The molecule has 49 heavy (non-hydrogen) atoms. The third-order valence-corrected chi connectivity index (χ3v) is 9.53. The minimum atomic E-state index is 0.610. The van der Waals surface area contributed by atoms with Crippen molar-refractivity contribution in [3.8, 4) is 45.3 Å². The Labute approximate surface area is 282 Å². The number of fused-ring (bicyclic) bond motifs is 10. The van der Waals surface area contributed by atoms with Crippen LogP contribution in [0.15, 0.2) is 168 Å². The van der Waals surface area contributed by atoms with Crippen molar-refractivity contribution >= 4 is 54.3 Å². The second kappa shape index (κ2) is 11.0. The van der Waals surface area contributed by atoms with Gasteiger partial charge in [-0.2, -0.15) is 0 Å². The van der Waals surface area contributed by atoms with Gasteiger partial charge in [0.25, 0.3) is 0 Å². The highest BCUT2D eigenvalue weighted by Crippen LogP contribution is 2.44. The van der Waals surface area contributed by atoms with Gasteiger partial charge in [0.05, 0.1) is 0 Å². The number of hydrogen-bond acceptors (Lipinski definition) is 4. The fraction of sp³-hybridized carbons (Fsp3) is 0. The summed E-state index contributed by atoms with van der Waals surface area (Å²) in [5, 5.41) is 9.39. The van der Waals surface area contributed by atoms with E-state index in [0.717, 1.165) is 55.1 Å².